The summed E-state index contributed by atoms with van der Waals surface area (Å²) in [7, 11) is 0. The summed E-state index contributed by atoms with van der Waals surface area (Å²) in [6, 6.07) is 81.1. The summed E-state index contributed by atoms with van der Waals surface area (Å²) in [4.78, 5) is 13.0. The Morgan fingerprint density at radius 2 is 0.867 bits per heavy atom. The highest BCUT2D eigenvalue weighted by atomic mass is 15.2. The van der Waals surface area contributed by atoms with E-state index in [1.807, 2.05) is 6.07 Å². The van der Waals surface area contributed by atoms with Crippen LogP contribution in [0.3, 0.4) is 0 Å². The van der Waals surface area contributed by atoms with E-state index in [9.17, 15) is 0 Å². The van der Waals surface area contributed by atoms with E-state index in [4.69, 9.17) is 9.97 Å². The van der Waals surface area contributed by atoms with Crippen LogP contribution < -0.4 is 4.90 Å². The van der Waals surface area contributed by atoms with Gasteiger partial charge in [0.15, 0.2) is 5.82 Å². The van der Waals surface area contributed by atoms with Gasteiger partial charge in [-0.2, -0.15) is 0 Å². The lowest BCUT2D eigenvalue weighted by atomic mass is 9.64. The lowest BCUT2D eigenvalue weighted by Crippen LogP contribution is -2.36. The van der Waals surface area contributed by atoms with Gasteiger partial charge < -0.3 is 4.90 Å². The average molecular weight is 764 g/mol. The van der Waals surface area contributed by atoms with Gasteiger partial charge in [-0.15, -0.1) is 0 Å². The van der Waals surface area contributed by atoms with Crippen LogP contribution in [0.15, 0.2) is 224 Å². The molecule has 2 aliphatic rings. The molecule has 3 heteroatoms. The quantitative estimate of drug-likeness (QED) is 0.175. The molecule has 0 saturated heterocycles. The van der Waals surface area contributed by atoms with Crippen LogP contribution in [0, 0.1) is 0 Å². The van der Waals surface area contributed by atoms with Crippen molar-refractivity contribution in [3.8, 4) is 56.2 Å². The molecule has 280 valence electrons. The van der Waals surface area contributed by atoms with E-state index >= 15 is 0 Å². The fourth-order valence-electron chi connectivity index (χ4n) is 9.97. The second-order valence-corrected chi connectivity index (χ2v) is 15.7. The van der Waals surface area contributed by atoms with Crippen LogP contribution in [0.1, 0.15) is 22.3 Å². The monoisotopic (exact) mass is 763 g/mol. The molecule has 0 fully saturated rings. The van der Waals surface area contributed by atoms with E-state index in [2.05, 4.69) is 223 Å². The Bertz CT molecular complexity index is 3230. The summed E-state index contributed by atoms with van der Waals surface area (Å²) in [5, 5.41) is 2.29. The molecule has 0 amide bonds. The van der Waals surface area contributed by atoms with Crippen LogP contribution in [0.2, 0.25) is 0 Å². The minimum Gasteiger partial charge on any atom is -0.309 e. The van der Waals surface area contributed by atoms with Crippen molar-refractivity contribution in [3.63, 3.8) is 0 Å². The number of fused-ring (bicyclic) bond motifs is 10. The lowest BCUT2D eigenvalue weighted by molar-refractivity contribution is 0.753. The van der Waals surface area contributed by atoms with Crippen molar-refractivity contribution in [2.24, 2.45) is 0 Å². The zero-order valence-corrected chi connectivity index (χ0v) is 32.7. The Balaban J connectivity index is 1.11. The van der Waals surface area contributed by atoms with Crippen LogP contribution in [0.25, 0.3) is 66.9 Å². The summed E-state index contributed by atoms with van der Waals surface area (Å²) >= 11 is 0. The Labute approximate surface area is 349 Å². The van der Waals surface area contributed by atoms with Crippen LogP contribution in [0.5, 0.6) is 0 Å². The highest BCUT2D eigenvalue weighted by Gasteiger charge is 2.52. The molecular formula is C57H37N3. The number of nitrogens with zero attached hydrogens (tertiary/aromatic N) is 3. The van der Waals surface area contributed by atoms with Gasteiger partial charge in [-0.25, -0.2) is 9.97 Å². The van der Waals surface area contributed by atoms with E-state index in [0.29, 0.717) is 5.82 Å². The van der Waals surface area contributed by atoms with E-state index < -0.39 is 5.41 Å². The van der Waals surface area contributed by atoms with Crippen LogP contribution in [0.4, 0.5) is 17.1 Å². The minimum atomic E-state index is -0.525. The molecule has 12 rings (SSSR count). The summed E-state index contributed by atoms with van der Waals surface area (Å²) in [6.07, 6.45) is 0. The predicted molar refractivity (Wildman–Crippen MR) is 247 cm³/mol. The fraction of sp³-hybridized carbons (Fsp3) is 0.0175. The topological polar surface area (TPSA) is 29.0 Å². The van der Waals surface area contributed by atoms with E-state index in [-0.39, 0.29) is 0 Å². The van der Waals surface area contributed by atoms with Gasteiger partial charge in [0.25, 0.3) is 0 Å². The Kier molecular flexibility index (Phi) is 7.76. The van der Waals surface area contributed by atoms with Gasteiger partial charge in [0.05, 0.1) is 28.2 Å². The summed E-state index contributed by atoms with van der Waals surface area (Å²) in [5.74, 6) is 0.706. The highest BCUT2D eigenvalue weighted by molar-refractivity contribution is 6.01. The van der Waals surface area contributed by atoms with Crippen LogP contribution in [-0.2, 0) is 5.41 Å². The number of benzene rings is 9. The van der Waals surface area contributed by atoms with Crippen molar-refractivity contribution in [3.05, 3.63) is 247 Å². The first-order valence-electron chi connectivity index (χ1n) is 20.6. The Hall–Kier alpha value is -7.88. The summed E-state index contributed by atoms with van der Waals surface area (Å²) in [6.45, 7) is 0. The van der Waals surface area contributed by atoms with Crippen molar-refractivity contribution in [2.45, 2.75) is 5.41 Å². The van der Waals surface area contributed by atoms with Gasteiger partial charge in [-0.1, -0.05) is 194 Å². The third-order valence-corrected chi connectivity index (χ3v) is 12.5. The summed E-state index contributed by atoms with van der Waals surface area (Å²) in [5.41, 5.74) is 17.8. The molecule has 0 unspecified atom stereocenters. The first kappa shape index (κ1) is 34.2. The second-order valence-electron chi connectivity index (χ2n) is 15.7. The van der Waals surface area contributed by atoms with Gasteiger partial charge >= 0.3 is 0 Å². The maximum Gasteiger partial charge on any atom is 0.161 e. The number of para-hydroxylation sites is 3. The molecule has 0 N–H and O–H groups in total. The minimum absolute atomic E-state index is 0.525. The molecule has 1 aliphatic heterocycles. The van der Waals surface area contributed by atoms with Gasteiger partial charge in [0.1, 0.15) is 0 Å². The molecule has 2 heterocycles. The zero-order valence-electron chi connectivity index (χ0n) is 32.7. The Morgan fingerprint density at radius 3 is 1.65 bits per heavy atom. The fourth-order valence-corrected chi connectivity index (χ4v) is 9.97. The lowest BCUT2D eigenvalue weighted by Gasteiger charge is -2.46. The third kappa shape index (κ3) is 5.09. The molecule has 60 heavy (non-hydrogen) atoms. The molecule has 1 spiro atoms. The SMILES string of the molecule is c1ccc(-c2cc(-c3cccc(-c4cccc5c4N(c4ccccc4)c4ccccc4C54c5ccccc5-c5ccccc54)c3)nc(-c3cccc4ccccc34)n2)cc1. The Morgan fingerprint density at radius 1 is 0.350 bits per heavy atom. The first-order valence-corrected chi connectivity index (χ1v) is 20.6. The number of hydrogen-bond acceptors (Lipinski definition) is 3. The first-order chi connectivity index (χ1) is 29.8. The van der Waals surface area contributed by atoms with E-state index in [0.717, 1.165) is 55.7 Å². The normalized spacial score (nSPS) is 13.1. The van der Waals surface area contributed by atoms with Crippen LogP contribution >= 0.6 is 0 Å². The standard InChI is InChI=1S/C57H37N3/c1-3-19-39(20-4-1)52-37-53(59-56(58-52)47-30-16-21-38-18-7-8-26-43(38)47)41-23-15-22-40(36-41)44-29-17-34-51-55(44)60(42-24-5-2-6-25-42)54-35-14-13-33-50(54)57(51)48-31-11-9-27-45(48)46-28-10-12-32-49(46)57/h1-37H. The van der Waals surface area contributed by atoms with E-state index in [1.165, 1.54) is 44.8 Å². The largest absolute Gasteiger partial charge is 0.309 e. The molecule has 0 radical (unpaired) electrons. The maximum absolute atomic E-state index is 5.35. The van der Waals surface area contributed by atoms with Gasteiger partial charge in [0, 0.05) is 27.9 Å². The van der Waals surface area contributed by atoms with Gasteiger partial charge in [0.2, 0.25) is 0 Å². The molecule has 10 aromatic rings. The summed E-state index contributed by atoms with van der Waals surface area (Å²) < 4.78 is 0. The van der Waals surface area contributed by atoms with Crippen molar-refractivity contribution in [2.75, 3.05) is 4.90 Å². The molecule has 1 aromatic heterocycles. The molecular weight excluding hydrogens is 727 g/mol. The third-order valence-electron chi connectivity index (χ3n) is 12.5. The van der Waals surface area contributed by atoms with Crippen molar-refractivity contribution in [1.29, 1.82) is 0 Å². The predicted octanol–water partition coefficient (Wildman–Crippen LogP) is 14.4. The molecule has 0 bridgehead atoms. The van der Waals surface area contributed by atoms with Crippen LogP contribution in [-0.4, -0.2) is 9.97 Å². The molecule has 1 aliphatic carbocycles. The smallest absolute Gasteiger partial charge is 0.161 e. The maximum atomic E-state index is 5.35. The van der Waals surface area contributed by atoms with Crippen molar-refractivity contribution in [1.82, 2.24) is 9.97 Å². The van der Waals surface area contributed by atoms with Crippen molar-refractivity contribution < 1.29 is 0 Å². The van der Waals surface area contributed by atoms with Gasteiger partial charge in [-0.05, 0) is 80.0 Å². The number of rotatable bonds is 5. The number of aromatic nitrogens is 2. The molecule has 0 saturated carbocycles. The highest BCUT2D eigenvalue weighted by Crippen LogP contribution is 2.64. The molecule has 9 aromatic carbocycles. The average Bonchev–Trinajstić information content (AvgIpc) is 3.62. The molecule has 0 atom stereocenters. The van der Waals surface area contributed by atoms with E-state index in [1.54, 1.807) is 0 Å². The molecule has 3 nitrogen and oxygen atoms in total. The number of hydrogen-bond donors (Lipinski definition) is 0. The van der Waals surface area contributed by atoms with Gasteiger partial charge in [-0.3, -0.25) is 0 Å². The zero-order chi connectivity index (χ0) is 39.6. The van der Waals surface area contributed by atoms with Crippen molar-refractivity contribution >= 4 is 27.8 Å². The number of anilines is 3. The second kappa shape index (κ2) is 13.6.